The van der Waals surface area contributed by atoms with Crippen LogP contribution < -0.4 is 5.73 Å². The first-order valence-corrected chi connectivity index (χ1v) is 5.28. The van der Waals surface area contributed by atoms with Gasteiger partial charge in [0, 0.05) is 19.6 Å². The quantitative estimate of drug-likeness (QED) is 0.684. The van der Waals surface area contributed by atoms with Crippen LogP contribution in [0.2, 0.25) is 0 Å². The van der Waals surface area contributed by atoms with Gasteiger partial charge >= 0.3 is 0 Å². The van der Waals surface area contributed by atoms with E-state index in [0.717, 1.165) is 25.9 Å². The van der Waals surface area contributed by atoms with Crippen LogP contribution in [-0.4, -0.2) is 30.4 Å². The largest absolute Gasteiger partial charge is 0.342 e. The van der Waals surface area contributed by atoms with Gasteiger partial charge in [0.15, 0.2) is 0 Å². The molecule has 2 N–H and O–H groups in total. The van der Waals surface area contributed by atoms with Crippen molar-refractivity contribution < 1.29 is 4.79 Å². The molecule has 74 valence electrons. The number of carbonyl (C=O) groups excluding carboxylic acids is 1. The lowest BCUT2D eigenvalue weighted by atomic mass is 9.68. The van der Waals surface area contributed by atoms with Crippen molar-refractivity contribution in [2.45, 2.75) is 32.1 Å². The minimum absolute atomic E-state index is 0.148. The maximum absolute atomic E-state index is 12.0. The summed E-state index contributed by atoms with van der Waals surface area (Å²) >= 11 is 0. The van der Waals surface area contributed by atoms with Crippen molar-refractivity contribution in [3.05, 3.63) is 0 Å². The van der Waals surface area contributed by atoms with E-state index in [9.17, 15) is 4.79 Å². The zero-order chi connectivity index (χ0) is 9.31. The fourth-order valence-corrected chi connectivity index (χ4v) is 2.36. The molecule has 0 radical (unpaired) electrons. The number of likely N-dealkylation sites (tertiary alicyclic amines) is 1. The Bertz CT molecular complexity index is 199. The first kappa shape index (κ1) is 9.00. The van der Waals surface area contributed by atoms with Crippen LogP contribution in [0.3, 0.4) is 0 Å². The molecule has 2 rings (SSSR count). The van der Waals surface area contributed by atoms with Gasteiger partial charge in [-0.15, -0.1) is 0 Å². The maximum Gasteiger partial charge on any atom is 0.230 e. The Morgan fingerprint density at radius 1 is 1.23 bits per heavy atom. The van der Waals surface area contributed by atoms with Gasteiger partial charge in [0.2, 0.25) is 5.91 Å². The molecule has 13 heavy (non-hydrogen) atoms. The monoisotopic (exact) mass is 182 g/mol. The lowest BCUT2D eigenvalue weighted by Gasteiger charge is -2.41. The first-order valence-electron chi connectivity index (χ1n) is 5.28. The molecule has 1 aliphatic heterocycles. The van der Waals surface area contributed by atoms with Crippen LogP contribution in [-0.2, 0) is 4.79 Å². The average molecular weight is 182 g/mol. The van der Waals surface area contributed by atoms with Gasteiger partial charge in [0.25, 0.3) is 0 Å². The Labute approximate surface area is 79.3 Å². The van der Waals surface area contributed by atoms with E-state index in [1.165, 1.54) is 19.3 Å². The second-order valence-corrected chi connectivity index (χ2v) is 4.34. The summed E-state index contributed by atoms with van der Waals surface area (Å²) in [7, 11) is 0. The number of nitrogens with zero attached hydrogens (tertiary/aromatic N) is 1. The summed E-state index contributed by atoms with van der Waals surface area (Å²) in [5, 5.41) is 0. The van der Waals surface area contributed by atoms with Crippen molar-refractivity contribution in [3.63, 3.8) is 0 Å². The van der Waals surface area contributed by atoms with Gasteiger partial charge in [-0.05, 0) is 25.7 Å². The molecule has 0 aromatic rings. The van der Waals surface area contributed by atoms with E-state index < -0.39 is 0 Å². The van der Waals surface area contributed by atoms with E-state index >= 15 is 0 Å². The minimum Gasteiger partial charge on any atom is -0.342 e. The number of nitrogens with two attached hydrogens (primary N) is 1. The number of hydrogen-bond acceptors (Lipinski definition) is 2. The SMILES string of the molecule is NCC1(C(=O)N2CCCC2)CCC1. The van der Waals surface area contributed by atoms with Crippen LogP contribution in [0, 0.1) is 5.41 Å². The highest BCUT2D eigenvalue weighted by Gasteiger charge is 2.45. The Hall–Kier alpha value is -0.570. The molecule has 1 aliphatic carbocycles. The van der Waals surface area contributed by atoms with Crippen molar-refractivity contribution >= 4 is 5.91 Å². The molecule has 2 aliphatic rings. The van der Waals surface area contributed by atoms with Gasteiger partial charge in [-0.25, -0.2) is 0 Å². The zero-order valence-electron chi connectivity index (χ0n) is 8.09. The molecule has 2 fully saturated rings. The Morgan fingerprint density at radius 2 is 1.85 bits per heavy atom. The molecular formula is C10H18N2O. The zero-order valence-corrected chi connectivity index (χ0v) is 8.09. The van der Waals surface area contributed by atoms with Crippen molar-refractivity contribution in [1.29, 1.82) is 0 Å². The summed E-state index contributed by atoms with van der Waals surface area (Å²) in [5.74, 6) is 0.332. The maximum atomic E-state index is 12.0. The van der Waals surface area contributed by atoms with E-state index in [0.29, 0.717) is 12.5 Å². The van der Waals surface area contributed by atoms with Gasteiger partial charge in [0.1, 0.15) is 0 Å². The standard InChI is InChI=1S/C10H18N2O/c11-8-10(4-3-5-10)9(13)12-6-1-2-7-12/h1-8,11H2. The molecule has 0 spiro atoms. The van der Waals surface area contributed by atoms with E-state index in [-0.39, 0.29) is 5.41 Å². The van der Waals surface area contributed by atoms with Gasteiger partial charge in [-0.3, -0.25) is 4.79 Å². The highest BCUT2D eigenvalue weighted by atomic mass is 16.2. The summed E-state index contributed by atoms with van der Waals surface area (Å²) in [4.78, 5) is 14.0. The van der Waals surface area contributed by atoms with Crippen molar-refractivity contribution in [2.24, 2.45) is 11.1 Å². The highest BCUT2D eigenvalue weighted by molar-refractivity contribution is 5.84. The topological polar surface area (TPSA) is 46.3 Å². The van der Waals surface area contributed by atoms with Crippen LogP contribution in [0.4, 0.5) is 0 Å². The van der Waals surface area contributed by atoms with Gasteiger partial charge in [0.05, 0.1) is 5.41 Å². The first-order chi connectivity index (χ1) is 6.28. The van der Waals surface area contributed by atoms with Crippen molar-refractivity contribution in [2.75, 3.05) is 19.6 Å². The van der Waals surface area contributed by atoms with Crippen molar-refractivity contribution in [3.8, 4) is 0 Å². The summed E-state index contributed by atoms with van der Waals surface area (Å²) in [6.07, 6.45) is 5.55. The molecule has 1 saturated carbocycles. The second-order valence-electron chi connectivity index (χ2n) is 4.34. The van der Waals surface area contributed by atoms with Gasteiger partial charge in [-0.1, -0.05) is 6.42 Å². The van der Waals surface area contributed by atoms with Crippen LogP contribution in [0.15, 0.2) is 0 Å². The molecular weight excluding hydrogens is 164 g/mol. The van der Waals surface area contributed by atoms with E-state index in [4.69, 9.17) is 5.73 Å². The fraction of sp³-hybridized carbons (Fsp3) is 0.900. The van der Waals surface area contributed by atoms with Gasteiger partial charge in [-0.2, -0.15) is 0 Å². The predicted octanol–water partition coefficient (Wildman–Crippen LogP) is 0.738. The molecule has 0 bridgehead atoms. The molecule has 1 amide bonds. The summed E-state index contributed by atoms with van der Waals surface area (Å²) < 4.78 is 0. The minimum atomic E-state index is -0.148. The third-order valence-electron chi connectivity index (χ3n) is 3.55. The van der Waals surface area contributed by atoms with Crippen LogP contribution in [0.1, 0.15) is 32.1 Å². The lowest BCUT2D eigenvalue weighted by Crippen LogP contribution is -2.51. The normalized spacial score (nSPS) is 25.8. The van der Waals surface area contributed by atoms with Crippen LogP contribution in [0.25, 0.3) is 0 Å². The second kappa shape index (κ2) is 3.29. The molecule has 1 saturated heterocycles. The van der Waals surface area contributed by atoms with E-state index in [1.807, 2.05) is 4.90 Å². The summed E-state index contributed by atoms with van der Waals surface area (Å²) in [6, 6.07) is 0. The Kier molecular flexibility index (Phi) is 2.28. The molecule has 0 atom stereocenters. The number of amides is 1. The molecule has 3 nitrogen and oxygen atoms in total. The van der Waals surface area contributed by atoms with Crippen LogP contribution >= 0.6 is 0 Å². The number of hydrogen-bond donors (Lipinski definition) is 1. The van der Waals surface area contributed by atoms with Crippen molar-refractivity contribution in [1.82, 2.24) is 4.90 Å². The smallest absolute Gasteiger partial charge is 0.230 e. The summed E-state index contributed by atoms with van der Waals surface area (Å²) in [6.45, 7) is 2.46. The fourth-order valence-electron chi connectivity index (χ4n) is 2.36. The van der Waals surface area contributed by atoms with Crippen LogP contribution in [0.5, 0.6) is 0 Å². The predicted molar refractivity (Wildman–Crippen MR) is 51.2 cm³/mol. The molecule has 1 heterocycles. The third-order valence-corrected chi connectivity index (χ3v) is 3.55. The average Bonchev–Trinajstić information content (AvgIpc) is 2.54. The third kappa shape index (κ3) is 1.35. The van der Waals surface area contributed by atoms with Gasteiger partial charge < -0.3 is 10.6 Å². The number of carbonyl (C=O) groups is 1. The summed E-state index contributed by atoms with van der Waals surface area (Å²) in [5.41, 5.74) is 5.54. The lowest BCUT2D eigenvalue weighted by molar-refractivity contribution is -0.145. The highest BCUT2D eigenvalue weighted by Crippen LogP contribution is 2.41. The van der Waals surface area contributed by atoms with E-state index in [2.05, 4.69) is 0 Å². The molecule has 0 unspecified atom stereocenters. The number of rotatable bonds is 2. The Balaban J connectivity index is 2.01. The van der Waals surface area contributed by atoms with E-state index in [1.54, 1.807) is 0 Å². The molecule has 0 aromatic heterocycles. The Morgan fingerprint density at radius 3 is 2.23 bits per heavy atom. The molecule has 0 aromatic carbocycles. The molecule has 3 heteroatoms.